The number of Topliss-reactive ketones (excluding diaryl/α,β-unsaturated/α-hetero) is 1. The van der Waals surface area contributed by atoms with E-state index in [0.717, 1.165) is 5.56 Å². The molecule has 1 amide bonds. The molecule has 3 rings (SSSR count). The fraction of sp³-hybridized carbons (Fsp3) is 0.429. The Kier molecular flexibility index (Phi) is 7.99. The van der Waals surface area contributed by atoms with Gasteiger partial charge in [-0.1, -0.05) is 26.8 Å². The Labute approximate surface area is 213 Å². The van der Waals surface area contributed by atoms with Gasteiger partial charge in [0.15, 0.2) is 11.5 Å². The number of hydrogen-bond donors (Lipinski definition) is 1. The predicted molar refractivity (Wildman–Crippen MR) is 139 cm³/mol. The van der Waals surface area contributed by atoms with Gasteiger partial charge in [0.25, 0.3) is 11.7 Å². The Morgan fingerprint density at radius 1 is 0.944 bits per heavy atom. The fourth-order valence-corrected chi connectivity index (χ4v) is 4.38. The fourth-order valence-electron chi connectivity index (χ4n) is 4.38. The van der Waals surface area contributed by atoms with Gasteiger partial charge in [-0.05, 0) is 55.4 Å². The van der Waals surface area contributed by atoms with Gasteiger partial charge in [-0.25, -0.2) is 0 Å². The standard InChI is InChI=1S/C28H36N2O6/c1-28(2,3)19-15-18(10-11-20(19)34-6)25(31)23-24(17-9-12-21(35-7)22(16-17)36-8)30(14-13-29(4)5)27(33)26(23)32/h9-12,15-16,24,31H,13-14H2,1-8H3/b25-23+. The van der Waals surface area contributed by atoms with Crippen molar-refractivity contribution in [2.45, 2.75) is 32.2 Å². The van der Waals surface area contributed by atoms with E-state index < -0.39 is 17.7 Å². The minimum Gasteiger partial charge on any atom is -0.507 e. The van der Waals surface area contributed by atoms with Crippen molar-refractivity contribution in [3.63, 3.8) is 0 Å². The molecule has 8 heteroatoms. The molecule has 0 aliphatic carbocycles. The molecule has 1 heterocycles. The highest BCUT2D eigenvalue weighted by molar-refractivity contribution is 6.46. The maximum absolute atomic E-state index is 13.3. The maximum Gasteiger partial charge on any atom is 0.295 e. The van der Waals surface area contributed by atoms with Crippen molar-refractivity contribution in [3.8, 4) is 17.2 Å². The third-order valence-corrected chi connectivity index (χ3v) is 6.33. The van der Waals surface area contributed by atoms with Crippen molar-refractivity contribution < 1.29 is 28.9 Å². The van der Waals surface area contributed by atoms with Gasteiger partial charge >= 0.3 is 0 Å². The SMILES string of the molecule is COc1ccc(C2/C(=C(\O)c3ccc(OC)c(C(C)(C)C)c3)C(=O)C(=O)N2CCN(C)C)cc1OC. The summed E-state index contributed by atoms with van der Waals surface area (Å²) >= 11 is 0. The van der Waals surface area contributed by atoms with Crippen LogP contribution in [0.15, 0.2) is 42.0 Å². The molecule has 36 heavy (non-hydrogen) atoms. The highest BCUT2D eigenvalue weighted by Gasteiger charge is 2.46. The third-order valence-electron chi connectivity index (χ3n) is 6.33. The Hall–Kier alpha value is -3.52. The number of likely N-dealkylation sites (tertiary alicyclic amines) is 1. The molecular weight excluding hydrogens is 460 g/mol. The second-order valence-corrected chi connectivity index (χ2v) is 10.1. The van der Waals surface area contributed by atoms with Crippen LogP contribution in [0.3, 0.4) is 0 Å². The van der Waals surface area contributed by atoms with Crippen LogP contribution in [0.25, 0.3) is 5.76 Å². The second kappa shape index (κ2) is 10.6. The zero-order chi connectivity index (χ0) is 26.8. The van der Waals surface area contributed by atoms with Gasteiger partial charge < -0.3 is 29.1 Å². The molecule has 0 aromatic heterocycles. The van der Waals surface area contributed by atoms with Gasteiger partial charge in [0.2, 0.25) is 0 Å². The highest BCUT2D eigenvalue weighted by atomic mass is 16.5. The number of carbonyl (C=O) groups is 2. The minimum absolute atomic E-state index is 0.0380. The Balaban J connectivity index is 2.24. The highest BCUT2D eigenvalue weighted by Crippen LogP contribution is 2.42. The van der Waals surface area contributed by atoms with Crippen molar-refractivity contribution >= 4 is 17.4 Å². The van der Waals surface area contributed by atoms with Crippen LogP contribution in [0.4, 0.5) is 0 Å². The number of nitrogens with zero attached hydrogens (tertiary/aromatic N) is 2. The first-order chi connectivity index (χ1) is 16.9. The molecule has 1 fully saturated rings. The molecule has 1 aliphatic heterocycles. The number of methoxy groups -OCH3 is 3. The zero-order valence-corrected chi connectivity index (χ0v) is 22.3. The van der Waals surface area contributed by atoms with Crippen molar-refractivity contribution in [1.29, 1.82) is 0 Å². The lowest BCUT2D eigenvalue weighted by atomic mass is 9.84. The first-order valence-corrected chi connectivity index (χ1v) is 11.8. The summed E-state index contributed by atoms with van der Waals surface area (Å²) in [6.07, 6.45) is 0. The molecule has 0 bridgehead atoms. The minimum atomic E-state index is -0.787. The van der Waals surface area contributed by atoms with Gasteiger partial charge in [0.05, 0.1) is 32.9 Å². The number of aliphatic hydroxyl groups is 1. The lowest BCUT2D eigenvalue weighted by Crippen LogP contribution is -2.35. The van der Waals surface area contributed by atoms with Crippen molar-refractivity contribution in [3.05, 3.63) is 58.7 Å². The molecule has 1 atom stereocenters. The average Bonchev–Trinajstić information content (AvgIpc) is 3.10. The molecule has 1 N–H and O–H groups in total. The first-order valence-electron chi connectivity index (χ1n) is 11.8. The predicted octanol–water partition coefficient (Wildman–Crippen LogP) is 3.99. The number of likely N-dealkylation sites (N-methyl/N-ethyl adjacent to an activating group) is 1. The van der Waals surface area contributed by atoms with Crippen LogP contribution in [0.5, 0.6) is 17.2 Å². The molecular formula is C28H36N2O6. The summed E-state index contributed by atoms with van der Waals surface area (Å²) in [5.74, 6) is 0.0709. The van der Waals surface area contributed by atoms with Crippen LogP contribution in [0.2, 0.25) is 0 Å². The molecule has 1 unspecified atom stereocenters. The summed E-state index contributed by atoms with van der Waals surface area (Å²) in [5, 5.41) is 11.5. The van der Waals surface area contributed by atoms with Crippen molar-refractivity contribution in [2.75, 3.05) is 48.5 Å². The van der Waals surface area contributed by atoms with Crippen molar-refractivity contribution in [1.82, 2.24) is 9.80 Å². The van der Waals surface area contributed by atoms with Crippen LogP contribution in [0.1, 0.15) is 43.5 Å². The summed E-state index contributed by atoms with van der Waals surface area (Å²) in [6.45, 7) is 6.98. The molecule has 8 nitrogen and oxygen atoms in total. The van der Waals surface area contributed by atoms with Crippen LogP contribution in [-0.2, 0) is 15.0 Å². The number of ether oxygens (including phenoxy) is 3. The van der Waals surface area contributed by atoms with Gasteiger partial charge in [0.1, 0.15) is 11.5 Å². The molecule has 2 aromatic carbocycles. The molecule has 1 saturated heterocycles. The van der Waals surface area contributed by atoms with Crippen LogP contribution < -0.4 is 14.2 Å². The molecule has 0 saturated carbocycles. The number of amides is 1. The number of aliphatic hydroxyl groups excluding tert-OH is 1. The van der Waals surface area contributed by atoms with E-state index in [1.165, 1.54) is 19.1 Å². The number of rotatable bonds is 8. The normalized spacial score (nSPS) is 17.6. The van der Waals surface area contributed by atoms with E-state index in [-0.39, 0.29) is 16.7 Å². The van der Waals surface area contributed by atoms with E-state index in [2.05, 4.69) is 0 Å². The van der Waals surface area contributed by atoms with Gasteiger partial charge in [-0.3, -0.25) is 9.59 Å². The Bertz CT molecular complexity index is 1180. The van der Waals surface area contributed by atoms with Crippen LogP contribution in [-0.4, -0.2) is 75.1 Å². The van der Waals surface area contributed by atoms with Gasteiger partial charge in [0, 0.05) is 24.2 Å². The summed E-state index contributed by atoms with van der Waals surface area (Å²) in [5.41, 5.74) is 1.71. The lowest BCUT2D eigenvalue weighted by Gasteiger charge is -2.27. The topological polar surface area (TPSA) is 88.5 Å². The van der Waals surface area contributed by atoms with Gasteiger partial charge in [-0.2, -0.15) is 0 Å². The monoisotopic (exact) mass is 496 g/mol. The average molecular weight is 497 g/mol. The second-order valence-electron chi connectivity index (χ2n) is 10.1. The van der Waals surface area contributed by atoms with Gasteiger partial charge in [-0.15, -0.1) is 0 Å². The van der Waals surface area contributed by atoms with E-state index >= 15 is 0 Å². The van der Waals surface area contributed by atoms with E-state index in [1.807, 2.05) is 45.8 Å². The smallest absolute Gasteiger partial charge is 0.295 e. The molecule has 194 valence electrons. The number of benzene rings is 2. The molecule has 1 aliphatic rings. The first kappa shape index (κ1) is 27.1. The van der Waals surface area contributed by atoms with E-state index in [0.29, 0.717) is 41.5 Å². The molecule has 0 spiro atoms. The summed E-state index contributed by atoms with van der Waals surface area (Å²) < 4.78 is 16.4. The number of carbonyl (C=O) groups excluding carboxylic acids is 2. The number of ketones is 1. The number of hydrogen-bond acceptors (Lipinski definition) is 7. The van der Waals surface area contributed by atoms with Crippen LogP contribution >= 0.6 is 0 Å². The lowest BCUT2D eigenvalue weighted by molar-refractivity contribution is -0.140. The van der Waals surface area contributed by atoms with Crippen LogP contribution in [0, 0.1) is 0 Å². The quantitative estimate of drug-likeness (QED) is 0.336. The summed E-state index contributed by atoms with van der Waals surface area (Å²) in [4.78, 5) is 30.0. The van der Waals surface area contributed by atoms with E-state index in [1.54, 1.807) is 37.4 Å². The molecule has 0 radical (unpaired) electrons. The molecule has 2 aromatic rings. The third kappa shape index (κ3) is 5.18. The Morgan fingerprint density at radius 3 is 2.11 bits per heavy atom. The maximum atomic E-state index is 13.3. The summed E-state index contributed by atoms with van der Waals surface area (Å²) in [6, 6.07) is 9.73. The zero-order valence-electron chi connectivity index (χ0n) is 22.3. The van der Waals surface area contributed by atoms with E-state index in [9.17, 15) is 14.7 Å². The summed E-state index contributed by atoms with van der Waals surface area (Å²) in [7, 11) is 8.45. The largest absolute Gasteiger partial charge is 0.507 e. The van der Waals surface area contributed by atoms with E-state index in [4.69, 9.17) is 14.2 Å². The Morgan fingerprint density at radius 2 is 1.56 bits per heavy atom. The van der Waals surface area contributed by atoms with Crippen molar-refractivity contribution in [2.24, 2.45) is 0 Å².